The van der Waals surface area contributed by atoms with Crippen molar-refractivity contribution in [1.82, 2.24) is 5.32 Å². The SMILES string of the molecule is CCC(C)C(=O)NCC1CCCC1CCl. The molecule has 0 saturated heterocycles. The molecule has 0 bridgehead atoms. The lowest BCUT2D eigenvalue weighted by molar-refractivity contribution is -0.124. The fourth-order valence-electron chi connectivity index (χ4n) is 2.18. The molecule has 0 aromatic carbocycles. The molecule has 1 N–H and O–H groups in total. The molecule has 1 aliphatic carbocycles. The molecule has 3 unspecified atom stereocenters. The van der Waals surface area contributed by atoms with E-state index in [-0.39, 0.29) is 11.8 Å². The molecule has 1 aliphatic rings. The van der Waals surface area contributed by atoms with Crippen molar-refractivity contribution in [1.29, 1.82) is 0 Å². The van der Waals surface area contributed by atoms with E-state index in [0.717, 1.165) is 18.8 Å². The van der Waals surface area contributed by atoms with Crippen LogP contribution in [0.5, 0.6) is 0 Å². The number of carbonyl (C=O) groups excluding carboxylic acids is 1. The summed E-state index contributed by atoms with van der Waals surface area (Å²) in [6.45, 7) is 4.84. The third kappa shape index (κ3) is 3.67. The Hall–Kier alpha value is -0.240. The van der Waals surface area contributed by atoms with Gasteiger partial charge in [0.1, 0.15) is 0 Å². The Bertz CT molecular complexity index is 208. The minimum atomic E-state index is 0.140. The van der Waals surface area contributed by atoms with Crippen LogP contribution in [0.15, 0.2) is 0 Å². The molecule has 0 spiro atoms. The fourth-order valence-corrected chi connectivity index (χ4v) is 2.58. The Morgan fingerprint density at radius 3 is 2.73 bits per heavy atom. The monoisotopic (exact) mass is 231 g/mol. The van der Waals surface area contributed by atoms with Gasteiger partial charge in [-0.15, -0.1) is 11.6 Å². The smallest absolute Gasteiger partial charge is 0.222 e. The van der Waals surface area contributed by atoms with E-state index in [0.29, 0.717) is 11.8 Å². The Morgan fingerprint density at radius 2 is 2.13 bits per heavy atom. The van der Waals surface area contributed by atoms with Gasteiger partial charge in [-0.2, -0.15) is 0 Å². The third-order valence-corrected chi connectivity index (χ3v) is 4.01. The second-order valence-electron chi connectivity index (χ2n) is 4.66. The van der Waals surface area contributed by atoms with E-state index in [1.807, 2.05) is 13.8 Å². The van der Waals surface area contributed by atoms with Crippen molar-refractivity contribution < 1.29 is 4.79 Å². The van der Waals surface area contributed by atoms with Gasteiger partial charge in [-0.25, -0.2) is 0 Å². The van der Waals surface area contributed by atoms with Gasteiger partial charge in [0, 0.05) is 18.3 Å². The molecule has 1 fully saturated rings. The molecule has 3 heteroatoms. The van der Waals surface area contributed by atoms with Crippen LogP contribution in [0, 0.1) is 17.8 Å². The molecule has 1 saturated carbocycles. The summed E-state index contributed by atoms with van der Waals surface area (Å²) < 4.78 is 0. The summed E-state index contributed by atoms with van der Waals surface area (Å²) in [5.41, 5.74) is 0. The molecule has 0 aromatic rings. The predicted molar refractivity (Wildman–Crippen MR) is 64.0 cm³/mol. The van der Waals surface area contributed by atoms with Crippen molar-refractivity contribution in [3.8, 4) is 0 Å². The highest BCUT2D eigenvalue weighted by molar-refractivity contribution is 6.18. The standard InChI is InChI=1S/C12H22ClNO/c1-3-9(2)12(15)14-8-11-6-4-5-10(11)7-13/h9-11H,3-8H2,1-2H3,(H,14,15). The highest BCUT2D eigenvalue weighted by atomic mass is 35.5. The van der Waals surface area contributed by atoms with Gasteiger partial charge in [-0.3, -0.25) is 4.79 Å². The lowest BCUT2D eigenvalue weighted by Crippen LogP contribution is -2.34. The van der Waals surface area contributed by atoms with E-state index >= 15 is 0 Å². The average Bonchev–Trinajstić information content (AvgIpc) is 2.71. The summed E-state index contributed by atoms with van der Waals surface area (Å²) in [4.78, 5) is 11.6. The largest absolute Gasteiger partial charge is 0.356 e. The summed E-state index contributed by atoms with van der Waals surface area (Å²) in [6.07, 6.45) is 4.63. The van der Waals surface area contributed by atoms with Crippen molar-refractivity contribution >= 4 is 17.5 Å². The quantitative estimate of drug-likeness (QED) is 0.725. The number of hydrogen-bond donors (Lipinski definition) is 1. The molecule has 0 aromatic heterocycles. The zero-order valence-electron chi connectivity index (χ0n) is 9.76. The molecule has 88 valence electrons. The van der Waals surface area contributed by atoms with Crippen molar-refractivity contribution in [2.45, 2.75) is 39.5 Å². The summed E-state index contributed by atoms with van der Waals surface area (Å²) >= 11 is 5.89. The number of amides is 1. The number of carbonyl (C=O) groups is 1. The van der Waals surface area contributed by atoms with Crippen molar-refractivity contribution in [2.75, 3.05) is 12.4 Å². The van der Waals surface area contributed by atoms with Crippen LogP contribution in [-0.4, -0.2) is 18.3 Å². The molecule has 15 heavy (non-hydrogen) atoms. The lowest BCUT2D eigenvalue weighted by Gasteiger charge is -2.18. The predicted octanol–water partition coefficient (Wildman–Crippen LogP) is 2.80. The van der Waals surface area contributed by atoms with Gasteiger partial charge in [0.2, 0.25) is 5.91 Å². The third-order valence-electron chi connectivity index (χ3n) is 3.61. The first-order chi connectivity index (χ1) is 7.19. The van der Waals surface area contributed by atoms with Crippen LogP contribution in [0.3, 0.4) is 0 Å². The van der Waals surface area contributed by atoms with Crippen LogP contribution in [-0.2, 0) is 4.79 Å². The minimum Gasteiger partial charge on any atom is -0.356 e. The molecule has 1 rings (SSSR count). The van der Waals surface area contributed by atoms with Gasteiger partial charge >= 0.3 is 0 Å². The molecule has 1 amide bonds. The first-order valence-electron chi connectivity index (χ1n) is 6.02. The van der Waals surface area contributed by atoms with Crippen LogP contribution in [0.4, 0.5) is 0 Å². The maximum atomic E-state index is 11.6. The lowest BCUT2D eigenvalue weighted by atomic mass is 9.97. The van der Waals surface area contributed by atoms with Gasteiger partial charge in [-0.05, 0) is 31.1 Å². The van der Waals surface area contributed by atoms with Gasteiger partial charge in [0.05, 0.1) is 0 Å². The molecule has 0 heterocycles. The Labute approximate surface area is 97.8 Å². The van der Waals surface area contributed by atoms with E-state index in [9.17, 15) is 4.79 Å². The van der Waals surface area contributed by atoms with Gasteiger partial charge in [-0.1, -0.05) is 20.3 Å². The molecule has 0 radical (unpaired) electrons. The van der Waals surface area contributed by atoms with Gasteiger partial charge < -0.3 is 5.32 Å². The number of hydrogen-bond acceptors (Lipinski definition) is 1. The first kappa shape index (κ1) is 12.8. The van der Waals surface area contributed by atoms with E-state index < -0.39 is 0 Å². The summed E-state index contributed by atoms with van der Waals surface area (Å²) in [5.74, 6) is 2.29. The maximum absolute atomic E-state index is 11.6. The summed E-state index contributed by atoms with van der Waals surface area (Å²) in [7, 11) is 0. The second-order valence-corrected chi connectivity index (χ2v) is 4.97. The van der Waals surface area contributed by atoms with Crippen LogP contribution in [0.1, 0.15) is 39.5 Å². The number of rotatable bonds is 5. The van der Waals surface area contributed by atoms with Crippen LogP contribution < -0.4 is 5.32 Å². The van der Waals surface area contributed by atoms with Crippen LogP contribution in [0.2, 0.25) is 0 Å². The topological polar surface area (TPSA) is 29.1 Å². The van der Waals surface area contributed by atoms with E-state index in [1.54, 1.807) is 0 Å². The fraction of sp³-hybridized carbons (Fsp3) is 0.917. The molecule has 2 nitrogen and oxygen atoms in total. The number of alkyl halides is 1. The summed E-state index contributed by atoms with van der Waals surface area (Å²) in [5, 5.41) is 3.04. The molecular weight excluding hydrogens is 210 g/mol. The normalized spacial score (nSPS) is 27.7. The number of nitrogens with one attached hydrogen (secondary N) is 1. The summed E-state index contributed by atoms with van der Waals surface area (Å²) in [6, 6.07) is 0. The Kier molecular flexibility index (Phi) is 5.44. The Morgan fingerprint density at radius 1 is 1.47 bits per heavy atom. The first-order valence-corrected chi connectivity index (χ1v) is 6.56. The Balaban J connectivity index is 2.27. The van der Waals surface area contributed by atoms with Crippen LogP contribution >= 0.6 is 11.6 Å². The van der Waals surface area contributed by atoms with E-state index in [4.69, 9.17) is 11.6 Å². The van der Waals surface area contributed by atoms with E-state index in [2.05, 4.69) is 5.32 Å². The van der Waals surface area contributed by atoms with Crippen molar-refractivity contribution in [3.05, 3.63) is 0 Å². The zero-order chi connectivity index (χ0) is 11.3. The number of halogens is 1. The second kappa shape index (κ2) is 6.37. The van der Waals surface area contributed by atoms with Crippen molar-refractivity contribution in [2.24, 2.45) is 17.8 Å². The highest BCUT2D eigenvalue weighted by Crippen LogP contribution is 2.31. The molecular formula is C12H22ClNO. The maximum Gasteiger partial charge on any atom is 0.222 e. The zero-order valence-corrected chi connectivity index (χ0v) is 10.5. The van der Waals surface area contributed by atoms with Gasteiger partial charge in [0.25, 0.3) is 0 Å². The van der Waals surface area contributed by atoms with Gasteiger partial charge in [0.15, 0.2) is 0 Å². The molecule has 0 aliphatic heterocycles. The van der Waals surface area contributed by atoms with Crippen LogP contribution in [0.25, 0.3) is 0 Å². The minimum absolute atomic E-state index is 0.140. The van der Waals surface area contributed by atoms with Crippen molar-refractivity contribution in [3.63, 3.8) is 0 Å². The van der Waals surface area contributed by atoms with E-state index in [1.165, 1.54) is 19.3 Å². The highest BCUT2D eigenvalue weighted by Gasteiger charge is 2.26. The molecule has 3 atom stereocenters. The average molecular weight is 232 g/mol.